The maximum Gasteiger partial charge on any atom is 0.223 e. The summed E-state index contributed by atoms with van der Waals surface area (Å²) in [6, 6.07) is 17.1. The van der Waals surface area contributed by atoms with Gasteiger partial charge in [0.25, 0.3) is 0 Å². The van der Waals surface area contributed by atoms with Crippen molar-refractivity contribution in [1.82, 2.24) is 4.90 Å². The molecule has 0 saturated carbocycles. The van der Waals surface area contributed by atoms with Gasteiger partial charge in [-0.25, -0.2) is 0 Å². The molecule has 5 rings (SSSR count). The average Bonchev–Trinajstić information content (AvgIpc) is 2.99. The van der Waals surface area contributed by atoms with Crippen LogP contribution in [0.2, 0.25) is 0 Å². The molecule has 41 heavy (non-hydrogen) atoms. The van der Waals surface area contributed by atoms with Crippen LogP contribution < -0.4 is 10.2 Å². The van der Waals surface area contributed by atoms with E-state index in [-0.39, 0.29) is 41.2 Å². The molecule has 3 N–H and O–H groups in total. The Labute approximate surface area is 236 Å². The summed E-state index contributed by atoms with van der Waals surface area (Å²) < 4.78 is 17.4. The third-order valence-electron chi connectivity index (χ3n) is 7.03. The highest BCUT2D eigenvalue weighted by Crippen LogP contribution is 2.49. The standard InChI is InChI=1S/C32H31NO8/c1-19(2)18-40-22-10-6-9-21(15-22)23(16-26(35)33-11-13-39-14-12-33)27-29(36)31(38)30(37)28-24(34)17-25(41-32(27)28)20-7-4-3-5-8-20/h3-10,15,17,23,36-38H,1,11-14,16,18H2,2H3/t23-/m0/s1. The van der Waals surface area contributed by atoms with Crippen molar-refractivity contribution in [3.8, 4) is 34.3 Å². The zero-order chi connectivity index (χ0) is 29.1. The normalized spacial score (nSPS) is 14.1. The number of nitrogens with zero attached hydrogens (tertiary/aromatic N) is 1. The molecule has 1 saturated heterocycles. The lowest BCUT2D eigenvalue weighted by molar-refractivity contribution is -0.135. The van der Waals surface area contributed by atoms with Crippen molar-refractivity contribution in [2.24, 2.45) is 0 Å². The Morgan fingerprint density at radius 3 is 2.44 bits per heavy atom. The van der Waals surface area contributed by atoms with Crippen molar-refractivity contribution < 1.29 is 34.0 Å². The van der Waals surface area contributed by atoms with E-state index in [1.807, 2.05) is 13.0 Å². The van der Waals surface area contributed by atoms with E-state index in [2.05, 4.69) is 6.58 Å². The number of morpholine rings is 1. The van der Waals surface area contributed by atoms with Crippen LogP contribution in [0.15, 0.2) is 82.0 Å². The topological polar surface area (TPSA) is 130 Å². The van der Waals surface area contributed by atoms with Crippen LogP contribution in [0.1, 0.15) is 30.4 Å². The highest BCUT2D eigenvalue weighted by molar-refractivity contribution is 5.94. The molecule has 1 fully saturated rings. The number of rotatable bonds is 8. The number of phenolic OH excluding ortho intramolecular Hbond substituents is 3. The fraction of sp³-hybridized carbons (Fsp3) is 0.250. The van der Waals surface area contributed by atoms with Crippen LogP contribution in [0.4, 0.5) is 0 Å². The van der Waals surface area contributed by atoms with E-state index in [4.69, 9.17) is 13.9 Å². The Morgan fingerprint density at radius 1 is 1.00 bits per heavy atom. The Hall–Kier alpha value is -4.76. The summed E-state index contributed by atoms with van der Waals surface area (Å²) in [6.45, 7) is 7.61. The van der Waals surface area contributed by atoms with E-state index < -0.39 is 28.6 Å². The summed E-state index contributed by atoms with van der Waals surface area (Å²) in [5.41, 5.74) is 1.25. The van der Waals surface area contributed by atoms with Gasteiger partial charge in [0, 0.05) is 42.6 Å². The number of carbonyl (C=O) groups excluding carboxylic acids is 1. The molecule has 1 aliphatic rings. The van der Waals surface area contributed by atoms with E-state index in [1.54, 1.807) is 53.4 Å². The minimum Gasteiger partial charge on any atom is -0.504 e. The van der Waals surface area contributed by atoms with Crippen LogP contribution in [-0.4, -0.2) is 59.0 Å². The fourth-order valence-electron chi connectivity index (χ4n) is 4.97. The molecular formula is C32H31NO8. The second kappa shape index (κ2) is 11.8. The smallest absolute Gasteiger partial charge is 0.223 e. The summed E-state index contributed by atoms with van der Waals surface area (Å²) in [7, 11) is 0. The van der Waals surface area contributed by atoms with Crippen molar-refractivity contribution in [3.63, 3.8) is 0 Å². The first-order valence-electron chi connectivity index (χ1n) is 13.3. The van der Waals surface area contributed by atoms with Gasteiger partial charge in [0.15, 0.2) is 16.9 Å². The summed E-state index contributed by atoms with van der Waals surface area (Å²) >= 11 is 0. The maximum absolute atomic E-state index is 13.6. The molecule has 9 heteroatoms. The first-order valence-corrected chi connectivity index (χ1v) is 13.3. The molecule has 1 aromatic heterocycles. The van der Waals surface area contributed by atoms with Gasteiger partial charge in [-0.15, -0.1) is 0 Å². The van der Waals surface area contributed by atoms with Gasteiger partial charge in [-0.2, -0.15) is 0 Å². The molecule has 1 atom stereocenters. The van der Waals surface area contributed by atoms with Crippen molar-refractivity contribution in [1.29, 1.82) is 0 Å². The highest BCUT2D eigenvalue weighted by atomic mass is 16.5. The van der Waals surface area contributed by atoms with E-state index in [0.717, 1.165) is 5.57 Å². The summed E-state index contributed by atoms with van der Waals surface area (Å²) in [6.07, 6.45) is -0.129. The van der Waals surface area contributed by atoms with Crippen LogP contribution in [-0.2, 0) is 9.53 Å². The lowest BCUT2D eigenvalue weighted by Gasteiger charge is -2.29. The van der Waals surface area contributed by atoms with E-state index >= 15 is 0 Å². The Bertz CT molecular complexity index is 1650. The third kappa shape index (κ3) is 5.76. The van der Waals surface area contributed by atoms with E-state index in [0.29, 0.717) is 43.2 Å². The fourth-order valence-corrected chi connectivity index (χ4v) is 4.97. The van der Waals surface area contributed by atoms with Crippen molar-refractivity contribution >= 4 is 16.9 Å². The van der Waals surface area contributed by atoms with Crippen LogP contribution in [0.25, 0.3) is 22.3 Å². The van der Waals surface area contributed by atoms with Crippen molar-refractivity contribution in [3.05, 3.63) is 94.2 Å². The Kier molecular flexibility index (Phi) is 7.98. The zero-order valence-corrected chi connectivity index (χ0v) is 22.6. The summed E-state index contributed by atoms with van der Waals surface area (Å²) in [4.78, 5) is 28.5. The SMILES string of the molecule is C=C(C)COc1cccc([C@H](CC(=O)N2CCOCC2)c2c(O)c(O)c(O)c3c(=O)cc(-c4ccccc4)oc23)c1. The molecule has 1 aliphatic heterocycles. The summed E-state index contributed by atoms with van der Waals surface area (Å²) in [5, 5.41) is 32.4. The van der Waals surface area contributed by atoms with Gasteiger partial charge in [0.2, 0.25) is 11.7 Å². The average molecular weight is 558 g/mol. The first kappa shape index (κ1) is 27.8. The van der Waals surface area contributed by atoms with Crippen molar-refractivity contribution in [2.45, 2.75) is 19.3 Å². The lowest BCUT2D eigenvalue weighted by atomic mass is 9.85. The maximum atomic E-state index is 13.6. The number of aromatic hydroxyl groups is 3. The van der Waals surface area contributed by atoms with Crippen molar-refractivity contribution in [2.75, 3.05) is 32.9 Å². The molecule has 0 radical (unpaired) electrons. The van der Waals surface area contributed by atoms with Gasteiger partial charge < -0.3 is 34.1 Å². The van der Waals surface area contributed by atoms with Crippen LogP contribution in [0.3, 0.4) is 0 Å². The molecule has 3 aromatic carbocycles. The van der Waals surface area contributed by atoms with Gasteiger partial charge >= 0.3 is 0 Å². The predicted molar refractivity (Wildman–Crippen MR) is 154 cm³/mol. The molecule has 0 spiro atoms. The number of amides is 1. The Morgan fingerprint density at radius 2 is 1.73 bits per heavy atom. The molecule has 4 aromatic rings. The second-order valence-electron chi connectivity index (χ2n) is 10.1. The molecule has 0 aliphatic carbocycles. The zero-order valence-electron chi connectivity index (χ0n) is 22.6. The number of carbonyl (C=O) groups is 1. The van der Waals surface area contributed by atoms with Crippen LogP contribution in [0.5, 0.6) is 23.0 Å². The first-order chi connectivity index (χ1) is 19.7. The van der Waals surface area contributed by atoms with Crippen LogP contribution in [0, 0.1) is 0 Å². The predicted octanol–water partition coefficient (Wildman–Crippen LogP) is 4.91. The molecule has 9 nitrogen and oxygen atoms in total. The largest absolute Gasteiger partial charge is 0.504 e. The van der Waals surface area contributed by atoms with Gasteiger partial charge in [-0.05, 0) is 30.2 Å². The number of hydrogen-bond acceptors (Lipinski definition) is 8. The molecule has 1 amide bonds. The highest BCUT2D eigenvalue weighted by Gasteiger charge is 2.32. The molecule has 2 heterocycles. The lowest BCUT2D eigenvalue weighted by Crippen LogP contribution is -2.41. The van der Waals surface area contributed by atoms with E-state index in [9.17, 15) is 24.9 Å². The second-order valence-corrected chi connectivity index (χ2v) is 10.1. The van der Waals surface area contributed by atoms with Crippen LogP contribution >= 0.6 is 0 Å². The van der Waals surface area contributed by atoms with Gasteiger partial charge in [-0.3, -0.25) is 9.59 Å². The number of ether oxygens (including phenoxy) is 2. The number of fused-ring (bicyclic) bond motifs is 1. The van der Waals surface area contributed by atoms with Gasteiger partial charge in [0.1, 0.15) is 29.1 Å². The molecular weight excluding hydrogens is 526 g/mol. The Balaban J connectivity index is 1.73. The molecule has 0 unspecified atom stereocenters. The number of phenols is 3. The monoisotopic (exact) mass is 557 g/mol. The minimum atomic E-state index is -0.887. The quantitative estimate of drug-likeness (QED) is 0.206. The van der Waals surface area contributed by atoms with E-state index in [1.165, 1.54) is 6.07 Å². The number of hydrogen-bond donors (Lipinski definition) is 3. The molecule has 212 valence electrons. The summed E-state index contributed by atoms with van der Waals surface area (Å²) in [5.74, 6) is -2.75. The molecule has 0 bridgehead atoms. The third-order valence-corrected chi connectivity index (χ3v) is 7.03. The van der Waals surface area contributed by atoms with Gasteiger partial charge in [-0.1, -0.05) is 49.0 Å². The minimum absolute atomic E-state index is 0.00356. The van der Waals surface area contributed by atoms with Gasteiger partial charge in [0.05, 0.1) is 13.2 Å². The number of benzene rings is 3.